The van der Waals surface area contributed by atoms with Crippen molar-refractivity contribution in [3.63, 3.8) is 0 Å². The number of thiophene rings is 1. The highest BCUT2D eigenvalue weighted by molar-refractivity contribution is 7.93. The van der Waals surface area contributed by atoms with Crippen LogP contribution in [0.1, 0.15) is 23.6 Å². The van der Waals surface area contributed by atoms with Gasteiger partial charge in [-0.2, -0.15) is 5.26 Å². The molecule has 0 saturated heterocycles. The van der Waals surface area contributed by atoms with Crippen LogP contribution in [-0.4, -0.2) is 14.8 Å². The third-order valence-corrected chi connectivity index (χ3v) is 8.42. The summed E-state index contributed by atoms with van der Waals surface area (Å²) >= 11 is 1.34. The fraction of sp³-hybridized carbons (Fsp3) is 0.160. The van der Waals surface area contributed by atoms with Crippen molar-refractivity contribution in [2.45, 2.75) is 31.1 Å². The molecule has 0 N–H and O–H groups in total. The minimum absolute atomic E-state index is 0.00744. The lowest BCUT2D eigenvalue weighted by Gasteiger charge is -2.25. The Morgan fingerprint density at radius 3 is 2.26 bits per heavy atom. The van der Waals surface area contributed by atoms with E-state index in [0.717, 1.165) is 27.8 Å². The number of halogens is 3. The van der Waals surface area contributed by atoms with Crippen LogP contribution in [0.5, 0.6) is 5.75 Å². The number of fused-ring (bicyclic) bond motifs is 1. The molecule has 4 aromatic rings. The van der Waals surface area contributed by atoms with E-state index in [2.05, 4.69) is 4.74 Å². The summed E-state index contributed by atoms with van der Waals surface area (Å²) in [5.41, 5.74) is 1.67. The predicted octanol–water partition coefficient (Wildman–Crippen LogP) is 6.63. The molecule has 4 rings (SSSR count). The number of rotatable bonds is 7. The van der Waals surface area contributed by atoms with Gasteiger partial charge in [0, 0.05) is 4.70 Å². The van der Waals surface area contributed by atoms with Crippen LogP contribution in [-0.2, 0) is 23.0 Å². The molecule has 0 unspecified atom stereocenters. The quantitative estimate of drug-likeness (QED) is 0.276. The molecule has 3 aromatic carbocycles. The van der Waals surface area contributed by atoms with E-state index >= 15 is 0 Å². The number of anilines is 1. The van der Waals surface area contributed by atoms with Gasteiger partial charge < -0.3 is 4.74 Å². The molecule has 0 saturated carbocycles. The molecule has 1 heterocycles. The van der Waals surface area contributed by atoms with E-state index in [1.165, 1.54) is 52.0 Å². The van der Waals surface area contributed by atoms with Crippen molar-refractivity contribution in [1.29, 1.82) is 5.26 Å². The Labute approximate surface area is 204 Å². The molecular weight excluding hydrogens is 497 g/mol. The van der Waals surface area contributed by atoms with Gasteiger partial charge in [-0.05, 0) is 65.4 Å². The molecule has 0 radical (unpaired) electrons. The number of benzene rings is 3. The molecule has 0 fully saturated rings. The zero-order valence-electron chi connectivity index (χ0n) is 18.4. The Hall–Kier alpha value is -3.55. The van der Waals surface area contributed by atoms with Crippen molar-refractivity contribution in [2.75, 3.05) is 4.31 Å². The average molecular weight is 517 g/mol. The number of hydrogen-bond acceptors (Lipinski definition) is 5. The lowest BCUT2D eigenvalue weighted by molar-refractivity contribution is -0.274. The van der Waals surface area contributed by atoms with E-state index in [1.54, 1.807) is 0 Å². The Morgan fingerprint density at radius 1 is 1.00 bits per heavy atom. The van der Waals surface area contributed by atoms with Gasteiger partial charge in [-0.1, -0.05) is 37.3 Å². The van der Waals surface area contributed by atoms with E-state index < -0.39 is 16.4 Å². The highest BCUT2D eigenvalue weighted by atomic mass is 32.2. The van der Waals surface area contributed by atoms with Crippen molar-refractivity contribution < 1.29 is 26.3 Å². The van der Waals surface area contributed by atoms with E-state index in [9.17, 15) is 21.6 Å². The number of hydrogen-bond donors (Lipinski definition) is 0. The lowest BCUT2D eigenvalue weighted by Crippen LogP contribution is -2.30. The van der Waals surface area contributed by atoms with Crippen LogP contribution in [0.15, 0.2) is 77.7 Å². The molecule has 10 heteroatoms. The van der Waals surface area contributed by atoms with Gasteiger partial charge in [-0.25, -0.2) is 8.42 Å². The first-order valence-electron chi connectivity index (χ1n) is 10.5. The molecule has 0 atom stereocenters. The second-order valence-corrected chi connectivity index (χ2v) is 10.5. The average Bonchev–Trinajstić information content (AvgIpc) is 3.20. The van der Waals surface area contributed by atoms with Gasteiger partial charge in [0.1, 0.15) is 10.8 Å². The van der Waals surface area contributed by atoms with E-state index in [-0.39, 0.29) is 17.2 Å². The van der Waals surface area contributed by atoms with Gasteiger partial charge in [0.15, 0.2) is 0 Å². The first kappa shape index (κ1) is 24.6. The third kappa shape index (κ3) is 5.26. The largest absolute Gasteiger partial charge is 0.573 e. The Bertz CT molecular complexity index is 1490. The fourth-order valence-corrected chi connectivity index (χ4v) is 6.67. The highest BCUT2D eigenvalue weighted by Crippen LogP contribution is 2.41. The summed E-state index contributed by atoms with van der Waals surface area (Å²) in [5.74, 6) is -0.390. The summed E-state index contributed by atoms with van der Waals surface area (Å²) in [6, 6.07) is 20.3. The zero-order chi connectivity index (χ0) is 25.2. The number of ether oxygens (including phenoxy) is 1. The van der Waals surface area contributed by atoms with Gasteiger partial charge in [0.05, 0.1) is 23.1 Å². The predicted molar refractivity (Wildman–Crippen MR) is 129 cm³/mol. The summed E-state index contributed by atoms with van der Waals surface area (Å²) in [5, 5.41) is 10.6. The monoisotopic (exact) mass is 516 g/mol. The van der Waals surface area contributed by atoms with Crippen LogP contribution in [0.25, 0.3) is 10.1 Å². The first-order valence-corrected chi connectivity index (χ1v) is 12.8. The fourth-order valence-electron chi connectivity index (χ4n) is 3.69. The second kappa shape index (κ2) is 9.60. The third-order valence-electron chi connectivity index (χ3n) is 5.31. The molecule has 5 nitrogen and oxygen atoms in total. The van der Waals surface area contributed by atoms with Gasteiger partial charge >= 0.3 is 6.36 Å². The van der Waals surface area contributed by atoms with Crippen LogP contribution in [0.4, 0.5) is 18.2 Å². The van der Waals surface area contributed by atoms with Crippen LogP contribution < -0.4 is 9.04 Å². The van der Waals surface area contributed by atoms with E-state index in [1.807, 2.05) is 37.3 Å². The summed E-state index contributed by atoms with van der Waals surface area (Å²) in [6.45, 7) is 1.84. The van der Waals surface area contributed by atoms with Crippen molar-refractivity contribution in [3.05, 3.63) is 89.5 Å². The Kier molecular flexibility index (Phi) is 6.74. The number of nitriles is 1. The summed E-state index contributed by atoms with van der Waals surface area (Å²) < 4.78 is 71.3. The molecule has 180 valence electrons. The molecule has 35 heavy (non-hydrogen) atoms. The van der Waals surface area contributed by atoms with Crippen LogP contribution in [0, 0.1) is 11.3 Å². The molecule has 0 aliphatic heterocycles. The summed E-state index contributed by atoms with van der Waals surface area (Å²) in [7, 11) is -4.07. The minimum Gasteiger partial charge on any atom is -0.406 e. The Balaban J connectivity index is 1.81. The smallest absolute Gasteiger partial charge is 0.406 e. The van der Waals surface area contributed by atoms with Crippen LogP contribution >= 0.6 is 11.3 Å². The van der Waals surface area contributed by atoms with Gasteiger partial charge in [-0.15, -0.1) is 24.5 Å². The molecule has 0 aliphatic rings. The van der Waals surface area contributed by atoms with Crippen LogP contribution in [0.2, 0.25) is 0 Å². The summed E-state index contributed by atoms with van der Waals surface area (Å²) in [6.07, 6.45) is -4.24. The molecular formula is C25H19F3N2O3S2. The van der Waals surface area contributed by atoms with Crippen molar-refractivity contribution in [2.24, 2.45) is 0 Å². The molecule has 0 bridgehead atoms. The topological polar surface area (TPSA) is 70.4 Å². The standard InChI is InChI=1S/C25H19F3N2O3S2/c1-2-21-22-5-3-4-6-23(22)34-24(21)30(35(31,32)20-13-9-17(15-29)10-14-20)16-18-7-11-19(12-8-18)33-25(26,27)28/h3-14H,2,16H2,1H3. The lowest BCUT2D eigenvalue weighted by atomic mass is 10.1. The SMILES string of the molecule is CCc1c(N(Cc2ccc(OC(F)(F)F)cc2)S(=O)(=O)c2ccc(C#N)cc2)sc2ccccc12. The molecule has 0 aliphatic carbocycles. The van der Waals surface area contributed by atoms with E-state index in [0.29, 0.717) is 22.5 Å². The normalized spacial score (nSPS) is 11.9. The molecule has 0 spiro atoms. The Morgan fingerprint density at radius 2 is 1.66 bits per heavy atom. The number of sulfonamides is 1. The summed E-state index contributed by atoms with van der Waals surface area (Å²) in [4.78, 5) is 0.00744. The number of aryl methyl sites for hydroxylation is 1. The highest BCUT2D eigenvalue weighted by Gasteiger charge is 2.32. The minimum atomic E-state index is -4.82. The van der Waals surface area contributed by atoms with E-state index in [4.69, 9.17) is 5.26 Å². The van der Waals surface area contributed by atoms with Crippen molar-refractivity contribution in [3.8, 4) is 11.8 Å². The first-order chi connectivity index (χ1) is 16.6. The van der Waals surface area contributed by atoms with Gasteiger partial charge in [0.2, 0.25) is 0 Å². The van der Waals surface area contributed by atoms with Crippen molar-refractivity contribution >= 4 is 36.4 Å². The number of nitrogens with zero attached hydrogens (tertiary/aromatic N) is 2. The molecule has 0 amide bonds. The second-order valence-electron chi connectivity index (χ2n) is 7.58. The maximum atomic E-state index is 13.8. The maximum Gasteiger partial charge on any atom is 0.573 e. The van der Waals surface area contributed by atoms with Crippen molar-refractivity contribution in [1.82, 2.24) is 0 Å². The van der Waals surface area contributed by atoms with Gasteiger partial charge in [0.25, 0.3) is 10.0 Å². The zero-order valence-corrected chi connectivity index (χ0v) is 20.0. The molecule has 1 aromatic heterocycles. The van der Waals surface area contributed by atoms with Gasteiger partial charge in [-0.3, -0.25) is 4.31 Å². The maximum absolute atomic E-state index is 13.8. The van der Waals surface area contributed by atoms with Crippen LogP contribution in [0.3, 0.4) is 0 Å². The number of alkyl halides is 3.